The molecule has 5 nitrogen and oxygen atoms in total. The highest BCUT2D eigenvalue weighted by atomic mass is 16.3. The van der Waals surface area contributed by atoms with E-state index < -0.39 is 0 Å². The van der Waals surface area contributed by atoms with E-state index in [1.165, 1.54) is 5.56 Å². The number of hydrogen-bond acceptors (Lipinski definition) is 3. The number of amides is 2. The summed E-state index contributed by atoms with van der Waals surface area (Å²) in [6.45, 7) is 7.18. The Morgan fingerprint density at radius 3 is 2.38 bits per heavy atom. The quantitative estimate of drug-likeness (QED) is 0.574. The molecule has 0 bridgehead atoms. The van der Waals surface area contributed by atoms with Gasteiger partial charge in [0, 0.05) is 24.7 Å². The van der Waals surface area contributed by atoms with Crippen LogP contribution in [0.5, 0.6) is 0 Å². The van der Waals surface area contributed by atoms with E-state index >= 15 is 0 Å². The van der Waals surface area contributed by atoms with Gasteiger partial charge in [0.25, 0.3) is 0 Å². The minimum Gasteiger partial charge on any atom is -0.393 e. The summed E-state index contributed by atoms with van der Waals surface area (Å²) in [6, 6.07) is 10.9. The third kappa shape index (κ3) is 7.34. The first-order valence-corrected chi connectivity index (χ1v) is 9.97. The van der Waals surface area contributed by atoms with Crippen LogP contribution in [0, 0.1) is 5.92 Å². The predicted octanol–water partition coefficient (Wildman–Crippen LogP) is 3.35. The van der Waals surface area contributed by atoms with Gasteiger partial charge in [-0.2, -0.15) is 0 Å². The molecular weight excluding hydrogens is 326 g/mol. The lowest BCUT2D eigenvalue weighted by Gasteiger charge is -2.28. The molecule has 2 amide bonds. The molecule has 0 radical (unpaired) electrons. The molecule has 5 heteroatoms. The molecule has 1 aromatic carbocycles. The zero-order valence-electron chi connectivity index (χ0n) is 16.4. The van der Waals surface area contributed by atoms with Crippen LogP contribution < -0.4 is 16.0 Å². The van der Waals surface area contributed by atoms with Crippen molar-refractivity contribution < 1.29 is 9.90 Å². The molecule has 26 heavy (non-hydrogen) atoms. The van der Waals surface area contributed by atoms with Crippen molar-refractivity contribution in [1.82, 2.24) is 16.0 Å². The summed E-state index contributed by atoms with van der Waals surface area (Å²) >= 11 is 0. The predicted molar refractivity (Wildman–Crippen MR) is 106 cm³/mol. The fourth-order valence-corrected chi connectivity index (χ4v) is 3.64. The highest BCUT2D eigenvalue weighted by Crippen LogP contribution is 2.18. The van der Waals surface area contributed by atoms with E-state index in [2.05, 4.69) is 61.0 Å². The van der Waals surface area contributed by atoms with Crippen LogP contribution in [-0.4, -0.2) is 35.9 Å². The van der Waals surface area contributed by atoms with E-state index in [1.807, 2.05) is 6.07 Å². The number of nitrogens with one attached hydrogen (secondary N) is 3. The first-order valence-electron chi connectivity index (χ1n) is 9.97. The molecule has 146 valence electrons. The second kappa shape index (κ2) is 10.5. The van der Waals surface area contributed by atoms with Crippen LogP contribution in [0.15, 0.2) is 30.3 Å². The lowest BCUT2D eigenvalue weighted by atomic mass is 9.93. The van der Waals surface area contributed by atoms with E-state index in [0.29, 0.717) is 12.5 Å². The monoisotopic (exact) mass is 361 g/mol. The van der Waals surface area contributed by atoms with Gasteiger partial charge < -0.3 is 21.1 Å². The molecule has 4 N–H and O–H groups in total. The Kier molecular flexibility index (Phi) is 8.39. The lowest BCUT2D eigenvalue weighted by molar-refractivity contribution is 0.117. The number of carbonyl (C=O) groups is 1. The van der Waals surface area contributed by atoms with Gasteiger partial charge in [-0.05, 0) is 50.5 Å². The van der Waals surface area contributed by atoms with Crippen molar-refractivity contribution in [2.24, 2.45) is 5.92 Å². The molecule has 0 unspecified atom stereocenters. The molecule has 0 saturated heterocycles. The van der Waals surface area contributed by atoms with Crippen LogP contribution in [0.4, 0.5) is 4.79 Å². The molecule has 0 heterocycles. The SMILES string of the molecule is CC(C)C[C@@H](CNC(=O)NC1CCC(O)CC1)N[C@H](C)c1ccccc1. The van der Waals surface area contributed by atoms with Gasteiger partial charge in [0.05, 0.1) is 6.10 Å². The van der Waals surface area contributed by atoms with Gasteiger partial charge in [0.2, 0.25) is 0 Å². The topological polar surface area (TPSA) is 73.4 Å². The first kappa shape index (κ1) is 20.7. The maximum absolute atomic E-state index is 12.2. The van der Waals surface area contributed by atoms with Crippen LogP contribution in [0.1, 0.15) is 64.5 Å². The van der Waals surface area contributed by atoms with Crippen molar-refractivity contribution in [1.29, 1.82) is 0 Å². The summed E-state index contributed by atoms with van der Waals surface area (Å²) < 4.78 is 0. The summed E-state index contributed by atoms with van der Waals surface area (Å²) in [5.41, 5.74) is 1.26. The Bertz CT molecular complexity index is 527. The zero-order valence-corrected chi connectivity index (χ0v) is 16.4. The Morgan fingerprint density at radius 2 is 1.77 bits per heavy atom. The summed E-state index contributed by atoms with van der Waals surface area (Å²) in [6.07, 6.45) is 4.07. The summed E-state index contributed by atoms with van der Waals surface area (Å²) in [7, 11) is 0. The minimum atomic E-state index is -0.199. The van der Waals surface area contributed by atoms with Gasteiger partial charge >= 0.3 is 6.03 Å². The van der Waals surface area contributed by atoms with Gasteiger partial charge in [-0.25, -0.2) is 4.79 Å². The van der Waals surface area contributed by atoms with Crippen molar-refractivity contribution in [3.63, 3.8) is 0 Å². The number of aliphatic hydroxyl groups is 1. The highest BCUT2D eigenvalue weighted by molar-refractivity contribution is 5.74. The number of urea groups is 1. The average molecular weight is 362 g/mol. The maximum atomic E-state index is 12.2. The molecule has 0 aliphatic heterocycles. The molecule has 1 aliphatic rings. The smallest absolute Gasteiger partial charge is 0.315 e. The van der Waals surface area contributed by atoms with Crippen LogP contribution in [-0.2, 0) is 0 Å². The summed E-state index contributed by atoms with van der Waals surface area (Å²) in [4.78, 5) is 12.2. The maximum Gasteiger partial charge on any atom is 0.315 e. The Hall–Kier alpha value is -1.59. The molecular formula is C21H35N3O2. The second-order valence-corrected chi connectivity index (χ2v) is 7.99. The number of carbonyl (C=O) groups excluding carboxylic acids is 1. The van der Waals surface area contributed by atoms with Crippen LogP contribution >= 0.6 is 0 Å². The minimum absolute atomic E-state index is 0.102. The molecule has 2 rings (SSSR count). The molecule has 2 atom stereocenters. The molecule has 0 spiro atoms. The van der Waals surface area contributed by atoms with Crippen molar-refractivity contribution in [3.05, 3.63) is 35.9 Å². The molecule has 1 fully saturated rings. The number of rotatable bonds is 8. The third-order valence-electron chi connectivity index (χ3n) is 5.08. The normalized spacial score (nSPS) is 22.7. The van der Waals surface area contributed by atoms with Gasteiger partial charge in [-0.15, -0.1) is 0 Å². The standard InChI is InChI=1S/C21H35N3O2/c1-15(2)13-19(23-16(3)17-7-5-4-6-8-17)14-22-21(26)24-18-9-11-20(25)12-10-18/h4-8,15-16,18-20,23,25H,9-14H2,1-3H3,(H2,22,24,26)/t16-,18?,19+,20?/m1/s1. The van der Waals surface area contributed by atoms with E-state index in [4.69, 9.17) is 0 Å². The van der Waals surface area contributed by atoms with Gasteiger partial charge in [0.1, 0.15) is 0 Å². The Labute approximate surface area is 158 Å². The van der Waals surface area contributed by atoms with E-state index in [0.717, 1.165) is 32.1 Å². The van der Waals surface area contributed by atoms with Gasteiger partial charge in [0.15, 0.2) is 0 Å². The average Bonchev–Trinajstić information content (AvgIpc) is 2.62. The van der Waals surface area contributed by atoms with Crippen LogP contribution in [0.2, 0.25) is 0 Å². The molecule has 1 saturated carbocycles. The lowest BCUT2D eigenvalue weighted by Crippen LogP contribution is -2.49. The van der Waals surface area contributed by atoms with Crippen molar-refractivity contribution in [3.8, 4) is 0 Å². The van der Waals surface area contributed by atoms with Crippen molar-refractivity contribution in [2.75, 3.05) is 6.54 Å². The third-order valence-corrected chi connectivity index (χ3v) is 5.08. The highest BCUT2D eigenvalue weighted by Gasteiger charge is 2.21. The van der Waals surface area contributed by atoms with Crippen molar-refractivity contribution in [2.45, 2.75) is 77.1 Å². The number of benzene rings is 1. The van der Waals surface area contributed by atoms with Crippen LogP contribution in [0.25, 0.3) is 0 Å². The molecule has 1 aliphatic carbocycles. The van der Waals surface area contributed by atoms with Crippen LogP contribution in [0.3, 0.4) is 0 Å². The fraction of sp³-hybridized carbons (Fsp3) is 0.667. The zero-order chi connectivity index (χ0) is 18.9. The number of aliphatic hydroxyl groups excluding tert-OH is 1. The van der Waals surface area contributed by atoms with Gasteiger partial charge in [-0.3, -0.25) is 0 Å². The number of hydrogen-bond donors (Lipinski definition) is 4. The first-order chi connectivity index (χ1) is 12.4. The second-order valence-electron chi connectivity index (χ2n) is 7.99. The fourth-order valence-electron chi connectivity index (χ4n) is 3.64. The van der Waals surface area contributed by atoms with Gasteiger partial charge in [-0.1, -0.05) is 44.2 Å². The van der Waals surface area contributed by atoms with Crippen molar-refractivity contribution >= 4 is 6.03 Å². The Morgan fingerprint density at radius 1 is 1.12 bits per heavy atom. The summed E-state index contributed by atoms with van der Waals surface area (Å²) in [5, 5.41) is 19.3. The molecule has 1 aromatic rings. The Balaban J connectivity index is 1.80. The van der Waals surface area contributed by atoms with E-state index in [9.17, 15) is 9.90 Å². The largest absolute Gasteiger partial charge is 0.393 e. The van der Waals surface area contributed by atoms with E-state index in [1.54, 1.807) is 0 Å². The molecule has 0 aromatic heterocycles. The van der Waals surface area contributed by atoms with E-state index in [-0.39, 0.29) is 30.3 Å². The summed E-state index contributed by atoms with van der Waals surface area (Å²) in [5.74, 6) is 0.556.